The molecule has 66 valence electrons. The Hall–Kier alpha value is -1.03. The first-order valence-corrected chi connectivity index (χ1v) is 4.09. The van der Waals surface area contributed by atoms with Crippen LogP contribution in [0, 0.1) is 0 Å². The first-order chi connectivity index (χ1) is 5.95. The summed E-state index contributed by atoms with van der Waals surface area (Å²) in [6.45, 7) is 1.52. The minimum Gasteiger partial charge on any atom is -0.483 e. The monoisotopic (exact) mass is 169 g/mol. The van der Waals surface area contributed by atoms with Crippen molar-refractivity contribution in [1.82, 2.24) is 5.16 Å². The summed E-state index contributed by atoms with van der Waals surface area (Å²) in [5.74, 6) is 0.686. The molecule has 1 aliphatic rings. The van der Waals surface area contributed by atoms with Gasteiger partial charge in [0.2, 0.25) is 0 Å². The van der Waals surface area contributed by atoms with Crippen molar-refractivity contribution in [2.24, 2.45) is 0 Å². The van der Waals surface area contributed by atoms with Gasteiger partial charge in [0.15, 0.2) is 12.0 Å². The maximum Gasteiger partial charge on any atom is 0.179 e. The van der Waals surface area contributed by atoms with Gasteiger partial charge in [-0.15, -0.1) is 0 Å². The minimum absolute atomic E-state index is 0.165. The second kappa shape index (κ2) is 3.58. The van der Waals surface area contributed by atoms with Crippen LogP contribution in [-0.4, -0.2) is 24.5 Å². The molecule has 0 bridgehead atoms. The molecule has 0 N–H and O–H groups in total. The van der Waals surface area contributed by atoms with Gasteiger partial charge >= 0.3 is 0 Å². The zero-order valence-corrected chi connectivity index (χ0v) is 6.73. The van der Waals surface area contributed by atoms with Crippen LogP contribution >= 0.6 is 0 Å². The molecule has 0 radical (unpaired) electrons. The van der Waals surface area contributed by atoms with Crippen molar-refractivity contribution in [3.05, 3.63) is 12.5 Å². The minimum atomic E-state index is 0.165. The molecule has 0 amide bonds. The quantitative estimate of drug-likeness (QED) is 0.668. The van der Waals surface area contributed by atoms with Crippen molar-refractivity contribution in [2.45, 2.75) is 18.9 Å². The van der Waals surface area contributed by atoms with E-state index in [1.165, 1.54) is 6.26 Å². The highest BCUT2D eigenvalue weighted by atomic mass is 16.5. The fourth-order valence-corrected chi connectivity index (χ4v) is 1.25. The molecule has 4 nitrogen and oxygen atoms in total. The molecule has 1 aromatic heterocycles. The summed E-state index contributed by atoms with van der Waals surface area (Å²) in [5.41, 5.74) is 0. The third kappa shape index (κ3) is 1.76. The Morgan fingerprint density at radius 3 is 3.25 bits per heavy atom. The van der Waals surface area contributed by atoms with Gasteiger partial charge in [0, 0.05) is 6.61 Å². The number of rotatable bonds is 2. The van der Waals surface area contributed by atoms with E-state index in [0.29, 0.717) is 12.4 Å². The van der Waals surface area contributed by atoms with Crippen LogP contribution in [0.3, 0.4) is 0 Å². The highest BCUT2D eigenvalue weighted by Gasteiger charge is 2.15. The lowest BCUT2D eigenvalue weighted by Gasteiger charge is -2.21. The Morgan fingerprint density at radius 1 is 1.58 bits per heavy atom. The van der Waals surface area contributed by atoms with Crippen molar-refractivity contribution in [1.29, 1.82) is 0 Å². The summed E-state index contributed by atoms with van der Waals surface area (Å²) in [6, 6.07) is 0. The first kappa shape index (κ1) is 7.61. The van der Waals surface area contributed by atoms with Crippen molar-refractivity contribution in [2.75, 3.05) is 13.2 Å². The van der Waals surface area contributed by atoms with E-state index in [-0.39, 0.29) is 6.10 Å². The Morgan fingerprint density at radius 2 is 2.58 bits per heavy atom. The van der Waals surface area contributed by atoms with Gasteiger partial charge < -0.3 is 14.0 Å². The van der Waals surface area contributed by atoms with Crippen LogP contribution < -0.4 is 4.74 Å². The molecule has 1 aromatic rings. The SMILES string of the molecule is c1nocc1OC1CCCOC1. The number of aromatic nitrogens is 1. The lowest BCUT2D eigenvalue weighted by Crippen LogP contribution is -2.27. The van der Waals surface area contributed by atoms with Gasteiger partial charge in [-0.1, -0.05) is 5.16 Å². The van der Waals surface area contributed by atoms with Crippen molar-refractivity contribution < 1.29 is 14.0 Å². The number of ether oxygens (including phenoxy) is 2. The van der Waals surface area contributed by atoms with Crippen LogP contribution in [0.5, 0.6) is 5.75 Å². The van der Waals surface area contributed by atoms with Crippen LogP contribution in [0.4, 0.5) is 0 Å². The van der Waals surface area contributed by atoms with Crippen LogP contribution in [-0.2, 0) is 4.74 Å². The van der Waals surface area contributed by atoms with E-state index in [4.69, 9.17) is 9.47 Å². The molecule has 1 atom stereocenters. The third-order valence-corrected chi connectivity index (χ3v) is 1.83. The zero-order chi connectivity index (χ0) is 8.23. The normalized spacial score (nSPS) is 23.8. The van der Waals surface area contributed by atoms with Crippen LogP contribution in [0.2, 0.25) is 0 Å². The van der Waals surface area contributed by atoms with E-state index in [1.807, 2.05) is 0 Å². The van der Waals surface area contributed by atoms with E-state index in [1.54, 1.807) is 6.20 Å². The molecule has 0 spiro atoms. The molecule has 4 heteroatoms. The Kier molecular flexibility index (Phi) is 2.27. The first-order valence-electron chi connectivity index (χ1n) is 4.09. The van der Waals surface area contributed by atoms with Gasteiger partial charge in [0.05, 0.1) is 6.61 Å². The molecule has 2 rings (SSSR count). The summed E-state index contributed by atoms with van der Waals surface area (Å²) >= 11 is 0. The van der Waals surface area contributed by atoms with Gasteiger partial charge in [-0.25, -0.2) is 0 Å². The summed E-state index contributed by atoms with van der Waals surface area (Å²) in [5, 5.41) is 3.55. The highest BCUT2D eigenvalue weighted by Crippen LogP contribution is 2.15. The van der Waals surface area contributed by atoms with E-state index in [2.05, 4.69) is 9.68 Å². The molecule has 0 aromatic carbocycles. The van der Waals surface area contributed by atoms with E-state index in [0.717, 1.165) is 19.4 Å². The number of nitrogens with zero attached hydrogens (tertiary/aromatic N) is 1. The van der Waals surface area contributed by atoms with Crippen LogP contribution in [0.1, 0.15) is 12.8 Å². The topological polar surface area (TPSA) is 44.5 Å². The molecule has 1 aliphatic heterocycles. The lowest BCUT2D eigenvalue weighted by atomic mass is 10.2. The predicted molar refractivity (Wildman–Crippen MR) is 41.0 cm³/mol. The Labute approximate surface area is 70.4 Å². The highest BCUT2D eigenvalue weighted by molar-refractivity contribution is 5.08. The zero-order valence-electron chi connectivity index (χ0n) is 6.73. The van der Waals surface area contributed by atoms with Gasteiger partial charge in [-0.05, 0) is 12.8 Å². The van der Waals surface area contributed by atoms with Gasteiger partial charge in [0.25, 0.3) is 0 Å². The molecule has 0 aliphatic carbocycles. The molecular weight excluding hydrogens is 158 g/mol. The molecule has 1 unspecified atom stereocenters. The molecular formula is C8H11NO3. The molecule has 2 heterocycles. The second-order valence-corrected chi connectivity index (χ2v) is 2.82. The van der Waals surface area contributed by atoms with Gasteiger partial charge in [-0.2, -0.15) is 0 Å². The Bertz CT molecular complexity index is 216. The van der Waals surface area contributed by atoms with Gasteiger partial charge in [0.1, 0.15) is 12.3 Å². The van der Waals surface area contributed by atoms with Crippen LogP contribution in [0.25, 0.3) is 0 Å². The summed E-state index contributed by atoms with van der Waals surface area (Å²) in [4.78, 5) is 0. The molecule has 1 saturated heterocycles. The molecule has 12 heavy (non-hydrogen) atoms. The van der Waals surface area contributed by atoms with Gasteiger partial charge in [-0.3, -0.25) is 0 Å². The number of hydrogen-bond acceptors (Lipinski definition) is 4. The maximum absolute atomic E-state index is 5.51. The molecule has 0 saturated carbocycles. The largest absolute Gasteiger partial charge is 0.483 e. The molecule has 1 fully saturated rings. The summed E-state index contributed by atoms with van der Waals surface area (Å²) in [6.07, 6.45) is 5.34. The fourth-order valence-electron chi connectivity index (χ4n) is 1.25. The number of hydrogen-bond donors (Lipinski definition) is 0. The second-order valence-electron chi connectivity index (χ2n) is 2.82. The Balaban J connectivity index is 1.86. The van der Waals surface area contributed by atoms with E-state index < -0.39 is 0 Å². The van der Waals surface area contributed by atoms with E-state index in [9.17, 15) is 0 Å². The van der Waals surface area contributed by atoms with Crippen molar-refractivity contribution in [3.63, 3.8) is 0 Å². The average Bonchev–Trinajstić information content (AvgIpc) is 2.59. The predicted octanol–water partition coefficient (Wildman–Crippen LogP) is 1.23. The van der Waals surface area contributed by atoms with Crippen LogP contribution in [0.15, 0.2) is 17.0 Å². The summed E-state index contributed by atoms with van der Waals surface area (Å²) in [7, 11) is 0. The smallest absolute Gasteiger partial charge is 0.179 e. The fraction of sp³-hybridized carbons (Fsp3) is 0.625. The van der Waals surface area contributed by atoms with Crippen molar-refractivity contribution >= 4 is 0 Å². The van der Waals surface area contributed by atoms with Crippen molar-refractivity contribution in [3.8, 4) is 5.75 Å². The standard InChI is InChI=1S/C8H11NO3/c1-2-7(5-10-3-1)12-8-4-9-11-6-8/h4,6-7H,1-3,5H2. The summed E-state index contributed by atoms with van der Waals surface area (Å²) < 4.78 is 15.4. The maximum atomic E-state index is 5.51. The third-order valence-electron chi connectivity index (χ3n) is 1.83. The lowest BCUT2D eigenvalue weighted by molar-refractivity contribution is 0.00718. The van der Waals surface area contributed by atoms with E-state index >= 15 is 0 Å². The average molecular weight is 169 g/mol.